The standard InChI is InChI=1S/C14H13N3O4/c1-9-7-15-6-5-10(9)8-16-14(19)11-3-2-4-12(13(11)18)17(20)21/h2-7,18H,8H2,1H3,(H,16,19). The van der Waals surface area contributed by atoms with Crippen molar-refractivity contribution in [2.24, 2.45) is 0 Å². The van der Waals surface area contributed by atoms with E-state index in [9.17, 15) is 20.0 Å². The number of aromatic hydroxyl groups is 1. The fraction of sp³-hybridized carbons (Fsp3) is 0.143. The highest BCUT2D eigenvalue weighted by Gasteiger charge is 2.20. The smallest absolute Gasteiger partial charge is 0.311 e. The molecule has 1 aromatic carbocycles. The molecule has 0 saturated carbocycles. The minimum atomic E-state index is -0.737. The van der Waals surface area contributed by atoms with Crippen molar-refractivity contribution in [2.75, 3.05) is 0 Å². The molecular formula is C14H13N3O4. The zero-order valence-corrected chi connectivity index (χ0v) is 11.2. The monoisotopic (exact) mass is 287 g/mol. The average molecular weight is 287 g/mol. The quantitative estimate of drug-likeness (QED) is 0.660. The van der Waals surface area contributed by atoms with E-state index in [0.717, 1.165) is 17.2 Å². The summed E-state index contributed by atoms with van der Waals surface area (Å²) in [5, 5.41) is 23.1. The van der Waals surface area contributed by atoms with E-state index in [4.69, 9.17) is 0 Å². The number of phenolic OH excluding ortho intramolecular Hbond substituents is 1. The second kappa shape index (κ2) is 6.00. The van der Waals surface area contributed by atoms with Gasteiger partial charge in [-0.2, -0.15) is 0 Å². The third-order valence-electron chi connectivity index (χ3n) is 3.03. The van der Waals surface area contributed by atoms with E-state index in [2.05, 4.69) is 10.3 Å². The number of pyridine rings is 1. The number of aromatic nitrogens is 1. The number of nitro groups is 1. The van der Waals surface area contributed by atoms with Gasteiger partial charge >= 0.3 is 5.69 Å². The molecule has 1 heterocycles. The number of nitro benzene ring substituents is 1. The molecule has 7 heteroatoms. The Hall–Kier alpha value is -2.96. The van der Waals surface area contributed by atoms with Gasteiger partial charge in [0.2, 0.25) is 5.75 Å². The second-order valence-corrected chi connectivity index (χ2v) is 4.42. The highest BCUT2D eigenvalue weighted by molar-refractivity contribution is 5.98. The molecule has 0 saturated heterocycles. The van der Waals surface area contributed by atoms with Crippen LogP contribution in [-0.2, 0) is 6.54 Å². The lowest BCUT2D eigenvalue weighted by Crippen LogP contribution is -2.23. The molecule has 0 bridgehead atoms. The molecule has 7 nitrogen and oxygen atoms in total. The van der Waals surface area contributed by atoms with Crippen LogP contribution in [0.3, 0.4) is 0 Å². The fourth-order valence-corrected chi connectivity index (χ4v) is 1.83. The molecule has 2 N–H and O–H groups in total. The van der Waals surface area contributed by atoms with Crippen molar-refractivity contribution in [1.29, 1.82) is 0 Å². The first-order valence-electron chi connectivity index (χ1n) is 6.14. The van der Waals surface area contributed by atoms with Crippen LogP contribution in [0, 0.1) is 17.0 Å². The summed E-state index contributed by atoms with van der Waals surface area (Å²) in [5.74, 6) is -1.21. The predicted octanol–water partition coefficient (Wildman–Crippen LogP) is 1.93. The summed E-state index contributed by atoms with van der Waals surface area (Å²) >= 11 is 0. The van der Waals surface area contributed by atoms with E-state index >= 15 is 0 Å². The van der Waals surface area contributed by atoms with Crippen LogP contribution in [-0.4, -0.2) is 20.9 Å². The third-order valence-corrected chi connectivity index (χ3v) is 3.03. The molecule has 0 aliphatic rings. The summed E-state index contributed by atoms with van der Waals surface area (Å²) in [6.07, 6.45) is 3.28. The number of rotatable bonds is 4. The Balaban J connectivity index is 2.16. The molecule has 0 unspecified atom stereocenters. The fourth-order valence-electron chi connectivity index (χ4n) is 1.83. The van der Waals surface area contributed by atoms with E-state index in [1.807, 2.05) is 6.92 Å². The number of aryl methyl sites for hydroxylation is 1. The molecule has 2 rings (SSSR count). The van der Waals surface area contributed by atoms with E-state index in [1.54, 1.807) is 18.5 Å². The van der Waals surface area contributed by atoms with E-state index in [0.29, 0.717) is 0 Å². The first kappa shape index (κ1) is 14.4. The predicted molar refractivity (Wildman–Crippen MR) is 74.9 cm³/mol. The highest BCUT2D eigenvalue weighted by atomic mass is 16.6. The van der Waals surface area contributed by atoms with Crippen LogP contribution < -0.4 is 5.32 Å². The number of nitrogens with one attached hydrogen (secondary N) is 1. The van der Waals surface area contributed by atoms with Crippen LogP contribution in [0.1, 0.15) is 21.5 Å². The average Bonchev–Trinajstić information content (AvgIpc) is 2.46. The van der Waals surface area contributed by atoms with Gasteiger partial charge in [-0.15, -0.1) is 0 Å². The first-order valence-corrected chi connectivity index (χ1v) is 6.14. The van der Waals surface area contributed by atoms with Crippen molar-refractivity contribution in [3.8, 4) is 5.75 Å². The van der Waals surface area contributed by atoms with Gasteiger partial charge in [-0.05, 0) is 30.2 Å². The van der Waals surface area contributed by atoms with Crippen molar-refractivity contribution >= 4 is 11.6 Å². The zero-order chi connectivity index (χ0) is 15.4. The lowest BCUT2D eigenvalue weighted by atomic mass is 10.1. The molecule has 2 aromatic rings. The van der Waals surface area contributed by atoms with E-state index in [-0.39, 0.29) is 12.1 Å². The molecule has 21 heavy (non-hydrogen) atoms. The first-order chi connectivity index (χ1) is 10.0. The van der Waals surface area contributed by atoms with Crippen molar-refractivity contribution in [3.05, 3.63) is 63.5 Å². The van der Waals surface area contributed by atoms with Crippen LogP contribution in [0.25, 0.3) is 0 Å². The molecule has 0 atom stereocenters. The maximum absolute atomic E-state index is 12.0. The van der Waals surface area contributed by atoms with Crippen molar-refractivity contribution in [2.45, 2.75) is 13.5 Å². The maximum atomic E-state index is 12.0. The number of carbonyl (C=O) groups is 1. The van der Waals surface area contributed by atoms with Gasteiger partial charge in [0, 0.05) is 25.0 Å². The van der Waals surface area contributed by atoms with Gasteiger partial charge in [0.25, 0.3) is 5.91 Å². The van der Waals surface area contributed by atoms with Gasteiger partial charge in [-0.3, -0.25) is 19.9 Å². The normalized spacial score (nSPS) is 10.1. The molecule has 1 aromatic heterocycles. The lowest BCUT2D eigenvalue weighted by molar-refractivity contribution is -0.385. The number of hydrogen-bond donors (Lipinski definition) is 2. The molecule has 1 amide bonds. The molecular weight excluding hydrogens is 274 g/mol. The Morgan fingerprint density at radius 1 is 1.43 bits per heavy atom. The molecule has 0 aliphatic heterocycles. The molecule has 0 fully saturated rings. The summed E-state index contributed by atoms with van der Waals surface area (Å²) in [6, 6.07) is 5.59. The topological polar surface area (TPSA) is 105 Å². The molecule has 0 spiro atoms. The SMILES string of the molecule is Cc1cnccc1CNC(=O)c1cccc([N+](=O)[O-])c1O. The molecule has 0 radical (unpaired) electrons. The van der Waals surface area contributed by atoms with Gasteiger partial charge in [-0.25, -0.2) is 0 Å². The van der Waals surface area contributed by atoms with Crippen LogP contribution in [0.2, 0.25) is 0 Å². The van der Waals surface area contributed by atoms with Crippen LogP contribution in [0.4, 0.5) is 5.69 Å². The van der Waals surface area contributed by atoms with Crippen molar-refractivity contribution in [3.63, 3.8) is 0 Å². The van der Waals surface area contributed by atoms with Crippen molar-refractivity contribution < 1.29 is 14.8 Å². The number of phenols is 1. The van der Waals surface area contributed by atoms with E-state index < -0.39 is 22.3 Å². The van der Waals surface area contributed by atoms with Crippen LogP contribution in [0.15, 0.2) is 36.7 Å². The number of benzene rings is 1. The van der Waals surface area contributed by atoms with Gasteiger partial charge in [0.1, 0.15) is 0 Å². The van der Waals surface area contributed by atoms with Crippen molar-refractivity contribution in [1.82, 2.24) is 10.3 Å². The third kappa shape index (κ3) is 3.14. The molecule has 108 valence electrons. The summed E-state index contributed by atoms with van der Waals surface area (Å²) in [7, 11) is 0. The largest absolute Gasteiger partial charge is 0.502 e. The molecule has 0 aliphatic carbocycles. The minimum absolute atomic E-state index is 0.129. The van der Waals surface area contributed by atoms with Crippen LogP contribution in [0.5, 0.6) is 5.75 Å². The maximum Gasteiger partial charge on any atom is 0.311 e. The van der Waals surface area contributed by atoms with Crippen LogP contribution >= 0.6 is 0 Å². The Morgan fingerprint density at radius 2 is 2.19 bits per heavy atom. The zero-order valence-electron chi connectivity index (χ0n) is 11.2. The van der Waals surface area contributed by atoms with Gasteiger partial charge < -0.3 is 10.4 Å². The second-order valence-electron chi connectivity index (χ2n) is 4.42. The number of hydrogen-bond acceptors (Lipinski definition) is 5. The summed E-state index contributed by atoms with van der Waals surface area (Å²) in [4.78, 5) is 26.0. The number of para-hydroxylation sites is 1. The summed E-state index contributed by atoms with van der Waals surface area (Å²) < 4.78 is 0. The Labute approximate surface area is 120 Å². The Morgan fingerprint density at radius 3 is 2.86 bits per heavy atom. The number of nitrogens with zero attached hydrogens (tertiary/aromatic N) is 2. The lowest BCUT2D eigenvalue weighted by Gasteiger charge is -2.08. The van der Waals surface area contributed by atoms with Gasteiger partial charge in [0.05, 0.1) is 10.5 Å². The Bertz CT molecular complexity index is 700. The van der Waals surface area contributed by atoms with Gasteiger partial charge in [0.15, 0.2) is 0 Å². The summed E-state index contributed by atoms with van der Waals surface area (Å²) in [6.45, 7) is 2.11. The number of carbonyl (C=O) groups excluding carboxylic acids is 1. The minimum Gasteiger partial charge on any atom is -0.502 e. The summed E-state index contributed by atoms with van der Waals surface area (Å²) in [5.41, 5.74) is 1.17. The van der Waals surface area contributed by atoms with E-state index in [1.165, 1.54) is 12.1 Å². The highest BCUT2D eigenvalue weighted by Crippen LogP contribution is 2.29. The number of amides is 1. The Kier molecular flexibility index (Phi) is 4.13. The van der Waals surface area contributed by atoms with Gasteiger partial charge in [-0.1, -0.05) is 6.07 Å².